The van der Waals surface area contributed by atoms with E-state index in [2.05, 4.69) is 17.6 Å². The summed E-state index contributed by atoms with van der Waals surface area (Å²) in [7, 11) is 0. The number of nitrogens with zero attached hydrogens (tertiary/aromatic N) is 2. The highest BCUT2D eigenvalue weighted by atomic mass is 16.5. The summed E-state index contributed by atoms with van der Waals surface area (Å²) in [5.41, 5.74) is 2.52. The molecule has 2 aromatic carbocycles. The Balaban J connectivity index is 1.36. The molecule has 0 saturated heterocycles. The average molecular weight is 508 g/mol. The number of aryl methyl sites for hydroxylation is 1. The van der Waals surface area contributed by atoms with E-state index in [0.717, 1.165) is 29.7 Å². The van der Waals surface area contributed by atoms with Crippen molar-refractivity contribution >= 4 is 11.0 Å². The number of hydrogen-bond donors (Lipinski definition) is 2. The zero-order valence-corrected chi connectivity index (χ0v) is 23.0. The molecule has 37 heavy (non-hydrogen) atoms. The number of aliphatic hydroxyl groups excluding tert-OH is 1. The second-order valence-electron chi connectivity index (χ2n) is 10.4. The van der Waals surface area contributed by atoms with Crippen LogP contribution >= 0.6 is 0 Å². The third-order valence-electron chi connectivity index (χ3n) is 7.29. The summed E-state index contributed by atoms with van der Waals surface area (Å²) in [6.07, 6.45) is 18.2. The first-order valence-corrected chi connectivity index (χ1v) is 14.8. The van der Waals surface area contributed by atoms with Gasteiger partial charge in [-0.2, -0.15) is 0 Å². The number of para-hydroxylation sites is 3. The maximum atomic E-state index is 10.6. The van der Waals surface area contributed by atoms with Gasteiger partial charge in [-0.1, -0.05) is 121 Å². The van der Waals surface area contributed by atoms with Gasteiger partial charge in [-0.25, -0.2) is 0 Å². The van der Waals surface area contributed by atoms with E-state index < -0.39 is 6.10 Å². The zero-order chi connectivity index (χ0) is 26.1. The number of benzene rings is 2. The first-order valence-electron chi connectivity index (χ1n) is 14.8. The largest absolute Gasteiger partial charge is 0.491 e. The molecule has 3 rings (SSSR count). The Hall–Kier alpha value is -2.53. The smallest absolute Gasteiger partial charge is 0.203 e. The fourth-order valence-electron chi connectivity index (χ4n) is 5.14. The number of aromatic nitrogens is 2. The Labute approximate surface area is 224 Å². The SMILES string of the molecule is CCCCCCCCCCCCCCCCn1c(=N)n(C[C@H](O)COc2ccccc2)c2ccccc21. The van der Waals surface area contributed by atoms with Gasteiger partial charge in [-0.05, 0) is 30.7 Å². The second kappa shape index (κ2) is 17.1. The van der Waals surface area contributed by atoms with Gasteiger partial charge < -0.3 is 19.0 Å². The van der Waals surface area contributed by atoms with E-state index in [1.807, 2.05) is 53.1 Å². The predicted molar refractivity (Wildman–Crippen MR) is 154 cm³/mol. The van der Waals surface area contributed by atoms with Gasteiger partial charge in [0.15, 0.2) is 0 Å². The molecular weight excluding hydrogens is 458 g/mol. The lowest BCUT2D eigenvalue weighted by Gasteiger charge is -2.13. The van der Waals surface area contributed by atoms with Gasteiger partial charge in [-0.15, -0.1) is 0 Å². The Morgan fingerprint density at radius 1 is 0.676 bits per heavy atom. The monoisotopic (exact) mass is 507 g/mol. The number of rotatable bonds is 20. The number of nitrogens with one attached hydrogen (secondary N) is 1. The maximum absolute atomic E-state index is 10.6. The highest BCUT2D eigenvalue weighted by molar-refractivity contribution is 5.75. The lowest BCUT2D eigenvalue weighted by Crippen LogP contribution is -2.31. The quantitative estimate of drug-likeness (QED) is 0.153. The van der Waals surface area contributed by atoms with Crippen LogP contribution in [-0.2, 0) is 13.1 Å². The molecular formula is C32H49N3O2. The third kappa shape index (κ3) is 10.0. The molecule has 0 spiro atoms. The number of unbranched alkanes of at least 4 members (excludes halogenated alkanes) is 13. The average Bonchev–Trinajstić information content (AvgIpc) is 3.18. The van der Waals surface area contributed by atoms with Gasteiger partial charge in [0.25, 0.3) is 0 Å². The van der Waals surface area contributed by atoms with Gasteiger partial charge >= 0.3 is 0 Å². The molecule has 0 amide bonds. The Kier molecular flexibility index (Phi) is 13.4. The molecule has 0 saturated carbocycles. The van der Waals surface area contributed by atoms with Gasteiger partial charge in [0.2, 0.25) is 5.62 Å². The molecule has 2 N–H and O–H groups in total. The van der Waals surface area contributed by atoms with Crippen molar-refractivity contribution in [3.63, 3.8) is 0 Å². The van der Waals surface area contributed by atoms with Crippen molar-refractivity contribution in [1.29, 1.82) is 5.41 Å². The fraction of sp³-hybridized carbons (Fsp3) is 0.594. The summed E-state index contributed by atoms with van der Waals surface area (Å²) in [4.78, 5) is 0. The van der Waals surface area contributed by atoms with Crippen LogP contribution in [0.1, 0.15) is 96.8 Å². The summed E-state index contributed by atoms with van der Waals surface area (Å²) in [6, 6.07) is 17.7. The van der Waals surface area contributed by atoms with Crippen LogP contribution < -0.4 is 10.4 Å². The highest BCUT2D eigenvalue weighted by Crippen LogP contribution is 2.17. The molecule has 0 fully saturated rings. The lowest BCUT2D eigenvalue weighted by molar-refractivity contribution is 0.0921. The first-order chi connectivity index (χ1) is 18.2. The molecule has 0 unspecified atom stereocenters. The van der Waals surface area contributed by atoms with Crippen molar-refractivity contribution in [2.75, 3.05) is 6.61 Å². The fourth-order valence-corrected chi connectivity index (χ4v) is 5.14. The van der Waals surface area contributed by atoms with Crippen LogP contribution in [0, 0.1) is 5.41 Å². The van der Waals surface area contributed by atoms with Gasteiger partial charge in [0, 0.05) is 6.54 Å². The normalized spacial score (nSPS) is 12.3. The molecule has 1 atom stereocenters. The summed E-state index contributed by atoms with van der Waals surface area (Å²) in [5.74, 6) is 0.748. The molecule has 5 nitrogen and oxygen atoms in total. The van der Waals surface area contributed by atoms with E-state index in [1.165, 1.54) is 83.5 Å². The lowest BCUT2D eigenvalue weighted by atomic mass is 10.0. The van der Waals surface area contributed by atoms with Crippen LogP contribution in [-0.4, -0.2) is 27.0 Å². The van der Waals surface area contributed by atoms with Crippen LogP contribution in [0.4, 0.5) is 0 Å². The van der Waals surface area contributed by atoms with E-state index >= 15 is 0 Å². The van der Waals surface area contributed by atoms with Crippen molar-refractivity contribution in [2.24, 2.45) is 0 Å². The predicted octanol–water partition coefficient (Wildman–Crippen LogP) is 7.84. The van der Waals surface area contributed by atoms with Crippen LogP contribution in [0.5, 0.6) is 5.75 Å². The zero-order valence-electron chi connectivity index (χ0n) is 23.0. The summed E-state index contributed by atoms with van der Waals surface area (Å²) in [6.45, 7) is 3.68. The molecule has 0 radical (unpaired) electrons. The molecule has 3 aromatic rings. The van der Waals surface area contributed by atoms with E-state index in [9.17, 15) is 5.11 Å². The van der Waals surface area contributed by atoms with Crippen molar-refractivity contribution in [2.45, 2.75) is 116 Å². The van der Waals surface area contributed by atoms with Crippen molar-refractivity contribution in [3.8, 4) is 5.75 Å². The maximum Gasteiger partial charge on any atom is 0.203 e. The van der Waals surface area contributed by atoms with Crippen molar-refractivity contribution < 1.29 is 9.84 Å². The molecule has 0 aliphatic heterocycles. The highest BCUT2D eigenvalue weighted by Gasteiger charge is 2.14. The van der Waals surface area contributed by atoms with Crippen LogP contribution in [0.25, 0.3) is 11.0 Å². The Bertz CT molecular complexity index is 1060. The number of ether oxygens (including phenoxy) is 1. The molecule has 5 heteroatoms. The van der Waals surface area contributed by atoms with Gasteiger partial charge in [-0.3, -0.25) is 5.41 Å². The minimum atomic E-state index is -0.686. The van der Waals surface area contributed by atoms with E-state index in [-0.39, 0.29) is 6.61 Å². The number of hydrogen-bond acceptors (Lipinski definition) is 3. The topological polar surface area (TPSA) is 63.2 Å². The molecule has 1 aromatic heterocycles. The minimum absolute atomic E-state index is 0.203. The molecule has 204 valence electrons. The van der Waals surface area contributed by atoms with Crippen LogP contribution in [0.15, 0.2) is 54.6 Å². The van der Waals surface area contributed by atoms with Crippen molar-refractivity contribution in [1.82, 2.24) is 9.13 Å². The van der Waals surface area contributed by atoms with E-state index in [0.29, 0.717) is 12.2 Å². The molecule has 0 bridgehead atoms. The summed E-state index contributed by atoms with van der Waals surface area (Å²) >= 11 is 0. The van der Waals surface area contributed by atoms with Crippen molar-refractivity contribution in [3.05, 3.63) is 60.2 Å². The molecule has 0 aliphatic rings. The molecule has 0 aliphatic carbocycles. The Morgan fingerprint density at radius 3 is 1.73 bits per heavy atom. The van der Waals surface area contributed by atoms with Crippen LogP contribution in [0.3, 0.4) is 0 Å². The number of imidazole rings is 1. The van der Waals surface area contributed by atoms with Gasteiger partial charge in [0.05, 0.1) is 17.6 Å². The second-order valence-corrected chi connectivity index (χ2v) is 10.4. The summed E-state index contributed by atoms with van der Waals surface area (Å²) < 4.78 is 9.74. The number of fused-ring (bicyclic) bond motifs is 1. The minimum Gasteiger partial charge on any atom is -0.491 e. The first kappa shape index (κ1) is 29.0. The molecule has 1 heterocycles. The Morgan fingerprint density at radius 2 is 1.16 bits per heavy atom. The summed E-state index contributed by atoms with van der Waals surface area (Å²) in [5, 5.41) is 19.4. The number of aliphatic hydroxyl groups is 1. The van der Waals surface area contributed by atoms with Crippen LogP contribution in [0.2, 0.25) is 0 Å². The van der Waals surface area contributed by atoms with Gasteiger partial charge in [0.1, 0.15) is 18.5 Å². The van der Waals surface area contributed by atoms with E-state index in [1.54, 1.807) is 0 Å². The van der Waals surface area contributed by atoms with E-state index in [4.69, 9.17) is 10.1 Å². The third-order valence-corrected chi connectivity index (χ3v) is 7.29. The standard InChI is InChI=1S/C32H49N3O2/c1-2-3-4-5-6-7-8-9-10-11-12-13-14-20-25-34-30-23-18-19-24-31(30)35(32(34)33)26-28(36)27-37-29-21-16-15-17-22-29/h15-19,21-24,28,33,36H,2-14,20,25-27H2,1H3/t28-/m0/s1.